The third kappa shape index (κ3) is 6.92. The normalized spacial score (nSPS) is 15.0. The monoisotopic (exact) mass is 378 g/mol. The molecule has 5 nitrogen and oxygen atoms in total. The fraction of sp³-hybridized carbons (Fsp3) is 0.550. The molecule has 2 rings (SSSR count). The van der Waals surface area contributed by atoms with E-state index in [4.69, 9.17) is 0 Å². The van der Waals surface area contributed by atoms with Gasteiger partial charge in [-0.3, -0.25) is 4.79 Å². The lowest BCUT2D eigenvalue weighted by atomic mass is 9.97. The Balaban J connectivity index is 1.85. The molecule has 0 spiro atoms. The van der Waals surface area contributed by atoms with Gasteiger partial charge in [-0.2, -0.15) is 0 Å². The summed E-state index contributed by atoms with van der Waals surface area (Å²) < 4.78 is 25.6. The molecule has 0 aromatic heterocycles. The molecule has 0 atom stereocenters. The molecule has 1 aliphatic rings. The Labute approximate surface area is 157 Å². The van der Waals surface area contributed by atoms with Crippen LogP contribution in [-0.2, 0) is 21.4 Å². The first-order chi connectivity index (χ1) is 12.4. The van der Waals surface area contributed by atoms with Crippen LogP contribution in [0, 0.1) is 0 Å². The molecule has 1 aliphatic carbocycles. The highest BCUT2D eigenvalue weighted by Crippen LogP contribution is 2.20. The molecule has 0 fully saturated rings. The van der Waals surface area contributed by atoms with Crippen LogP contribution < -0.4 is 0 Å². The van der Waals surface area contributed by atoms with E-state index in [0.717, 1.165) is 24.8 Å². The number of rotatable bonds is 9. The Morgan fingerprint density at radius 2 is 1.85 bits per heavy atom. The largest absolute Gasteiger partial charge is 0.341 e. The summed E-state index contributed by atoms with van der Waals surface area (Å²) in [6, 6.07) is 9.78. The Morgan fingerprint density at radius 3 is 2.46 bits per heavy atom. The van der Waals surface area contributed by atoms with Crippen LogP contribution in [0.5, 0.6) is 0 Å². The SMILES string of the molecule is CN(Cc1ccccc1)C(=O)CCN(CCC1=CCCCC1)S(C)(=O)=O. The van der Waals surface area contributed by atoms with Gasteiger partial charge >= 0.3 is 0 Å². The van der Waals surface area contributed by atoms with Crippen LogP contribution in [0.2, 0.25) is 0 Å². The maximum Gasteiger partial charge on any atom is 0.223 e. The first-order valence-electron chi connectivity index (χ1n) is 9.27. The Hall–Kier alpha value is -1.66. The molecule has 1 aromatic carbocycles. The predicted molar refractivity (Wildman–Crippen MR) is 105 cm³/mol. The van der Waals surface area contributed by atoms with Crippen LogP contribution in [0.1, 0.15) is 44.1 Å². The fourth-order valence-electron chi connectivity index (χ4n) is 3.20. The van der Waals surface area contributed by atoms with E-state index in [1.807, 2.05) is 30.3 Å². The average molecular weight is 379 g/mol. The van der Waals surface area contributed by atoms with Crippen molar-refractivity contribution in [3.8, 4) is 0 Å². The van der Waals surface area contributed by atoms with Crippen LogP contribution in [-0.4, -0.2) is 49.9 Å². The van der Waals surface area contributed by atoms with Gasteiger partial charge in [-0.15, -0.1) is 0 Å². The molecule has 1 aromatic rings. The third-order valence-corrected chi connectivity index (χ3v) is 6.10. The number of carbonyl (C=O) groups excluding carboxylic acids is 1. The summed E-state index contributed by atoms with van der Waals surface area (Å²) in [6.45, 7) is 1.23. The van der Waals surface area contributed by atoms with E-state index in [2.05, 4.69) is 6.08 Å². The van der Waals surface area contributed by atoms with Crippen molar-refractivity contribution in [3.63, 3.8) is 0 Å². The van der Waals surface area contributed by atoms with Gasteiger partial charge in [0.1, 0.15) is 0 Å². The van der Waals surface area contributed by atoms with E-state index in [0.29, 0.717) is 13.1 Å². The highest BCUT2D eigenvalue weighted by Gasteiger charge is 2.19. The van der Waals surface area contributed by atoms with Gasteiger partial charge in [0, 0.05) is 33.1 Å². The summed E-state index contributed by atoms with van der Waals surface area (Å²) in [6.07, 6.45) is 9.00. The van der Waals surface area contributed by atoms with Gasteiger partial charge in [-0.05, 0) is 37.7 Å². The Bertz CT molecular complexity index is 714. The quantitative estimate of drug-likeness (QED) is 0.620. The number of carbonyl (C=O) groups is 1. The number of amides is 1. The van der Waals surface area contributed by atoms with Crippen LogP contribution in [0.25, 0.3) is 0 Å². The molecule has 0 unspecified atom stereocenters. The van der Waals surface area contributed by atoms with Crippen molar-refractivity contribution in [1.82, 2.24) is 9.21 Å². The standard InChI is InChI=1S/C20H30N2O3S/c1-21(17-19-11-7-4-8-12-19)20(23)14-16-22(26(2,24)25)15-13-18-9-5-3-6-10-18/h4,7-9,11-12H,3,5-6,10,13-17H2,1-2H3. The zero-order valence-electron chi connectivity index (χ0n) is 15.9. The van der Waals surface area contributed by atoms with E-state index in [1.54, 1.807) is 11.9 Å². The van der Waals surface area contributed by atoms with Crippen molar-refractivity contribution in [3.05, 3.63) is 47.5 Å². The van der Waals surface area contributed by atoms with E-state index in [-0.39, 0.29) is 18.9 Å². The zero-order chi connectivity index (χ0) is 19.0. The number of sulfonamides is 1. The van der Waals surface area contributed by atoms with Gasteiger partial charge in [0.15, 0.2) is 0 Å². The maximum atomic E-state index is 12.4. The molecule has 0 saturated heterocycles. The lowest BCUT2D eigenvalue weighted by Crippen LogP contribution is -2.36. The van der Waals surface area contributed by atoms with Crippen molar-refractivity contribution in [1.29, 1.82) is 0 Å². The molecule has 0 aliphatic heterocycles. The topological polar surface area (TPSA) is 57.7 Å². The number of hydrogen-bond donors (Lipinski definition) is 0. The highest BCUT2D eigenvalue weighted by atomic mass is 32.2. The second kappa shape index (κ2) is 9.88. The third-order valence-electron chi connectivity index (χ3n) is 4.80. The molecule has 1 amide bonds. The average Bonchev–Trinajstić information content (AvgIpc) is 2.62. The number of hydrogen-bond acceptors (Lipinski definition) is 3. The molecule has 26 heavy (non-hydrogen) atoms. The zero-order valence-corrected chi connectivity index (χ0v) is 16.7. The molecule has 144 valence electrons. The van der Waals surface area contributed by atoms with Crippen LogP contribution in [0.3, 0.4) is 0 Å². The van der Waals surface area contributed by atoms with E-state index < -0.39 is 10.0 Å². The summed E-state index contributed by atoms with van der Waals surface area (Å²) in [7, 11) is -1.55. The van der Waals surface area contributed by atoms with Crippen molar-refractivity contribution in [2.75, 3.05) is 26.4 Å². The van der Waals surface area contributed by atoms with Gasteiger partial charge in [-0.25, -0.2) is 12.7 Å². The van der Waals surface area contributed by atoms with E-state index in [1.165, 1.54) is 29.0 Å². The summed E-state index contributed by atoms with van der Waals surface area (Å²) in [5, 5.41) is 0. The lowest BCUT2D eigenvalue weighted by Gasteiger charge is -2.23. The summed E-state index contributed by atoms with van der Waals surface area (Å²) in [5.41, 5.74) is 2.41. The molecule has 6 heteroatoms. The number of benzene rings is 1. The van der Waals surface area contributed by atoms with Crippen molar-refractivity contribution >= 4 is 15.9 Å². The first kappa shape index (κ1) is 20.6. The van der Waals surface area contributed by atoms with Crippen LogP contribution in [0.15, 0.2) is 42.0 Å². The Morgan fingerprint density at radius 1 is 1.12 bits per heavy atom. The minimum absolute atomic E-state index is 0.0422. The van der Waals surface area contributed by atoms with Crippen LogP contribution >= 0.6 is 0 Å². The van der Waals surface area contributed by atoms with Crippen molar-refractivity contribution in [2.24, 2.45) is 0 Å². The summed E-state index contributed by atoms with van der Waals surface area (Å²) in [5.74, 6) is -0.0422. The number of allylic oxidation sites excluding steroid dienone is 1. The number of nitrogens with zero attached hydrogens (tertiary/aromatic N) is 2. The summed E-state index contributed by atoms with van der Waals surface area (Å²) >= 11 is 0. The molecule has 0 N–H and O–H groups in total. The van der Waals surface area contributed by atoms with Gasteiger partial charge < -0.3 is 4.90 Å². The minimum Gasteiger partial charge on any atom is -0.341 e. The molecular weight excluding hydrogens is 348 g/mol. The predicted octanol–water partition coefficient (Wildman–Crippen LogP) is 3.19. The lowest BCUT2D eigenvalue weighted by molar-refractivity contribution is -0.130. The minimum atomic E-state index is -3.31. The molecule has 0 radical (unpaired) electrons. The fourth-order valence-corrected chi connectivity index (χ4v) is 4.05. The van der Waals surface area contributed by atoms with Crippen LogP contribution in [0.4, 0.5) is 0 Å². The van der Waals surface area contributed by atoms with Gasteiger partial charge in [0.2, 0.25) is 15.9 Å². The molecule has 0 heterocycles. The molecule has 0 bridgehead atoms. The molecule has 0 saturated carbocycles. The second-order valence-corrected chi connectivity index (χ2v) is 8.99. The summed E-state index contributed by atoms with van der Waals surface area (Å²) in [4.78, 5) is 14.0. The van der Waals surface area contributed by atoms with E-state index in [9.17, 15) is 13.2 Å². The maximum absolute atomic E-state index is 12.4. The highest BCUT2D eigenvalue weighted by molar-refractivity contribution is 7.88. The van der Waals surface area contributed by atoms with Crippen molar-refractivity contribution in [2.45, 2.75) is 45.1 Å². The van der Waals surface area contributed by atoms with Gasteiger partial charge in [0.05, 0.1) is 6.26 Å². The molecular formula is C20H30N2O3S. The smallest absolute Gasteiger partial charge is 0.223 e. The second-order valence-electron chi connectivity index (χ2n) is 7.01. The Kier molecular flexibility index (Phi) is 7.85. The van der Waals surface area contributed by atoms with Gasteiger partial charge in [0.25, 0.3) is 0 Å². The van der Waals surface area contributed by atoms with Gasteiger partial charge in [-0.1, -0.05) is 42.0 Å². The van der Waals surface area contributed by atoms with E-state index >= 15 is 0 Å². The first-order valence-corrected chi connectivity index (χ1v) is 11.1. The van der Waals surface area contributed by atoms with Crippen molar-refractivity contribution < 1.29 is 13.2 Å².